The molecule has 1 saturated heterocycles. The van der Waals surface area contributed by atoms with E-state index in [1.165, 1.54) is 37.4 Å². The van der Waals surface area contributed by atoms with Gasteiger partial charge in [0.05, 0.1) is 10.9 Å². The normalized spacial score (nSPS) is 19.0. The second-order valence-electron chi connectivity index (χ2n) is 7.15. The maximum atomic E-state index is 6.02. The Morgan fingerprint density at radius 2 is 2.24 bits per heavy atom. The molecule has 0 aliphatic carbocycles. The summed E-state index contributed by atoms with van der Waals surface area (Å²) in [5, 5.41) is 3.56. The zero-order chi connectivity index (χ0) is 17.5. The number of halogens is 2. The first-order chi connectivity index (χ1) is 11.5. The van der Waals surface area contributed by atoms with Crippen molar-refractivity contribution in [1.82, 2.24) is 15.1 Å². The van der Waals surface area contributed by atoms with E-state index >= 15 is 0 Å². The molecule has 0 bridgehead atoms. The summed E-state index contributed by atoms with van der Waals surface area (Å²) in [4.78, 5) is 10.5. The number of thiophene rings is 1. The molecule has 1 aromatic rings. The van der Waals surface area contributed by atoms with E-state index in [4.69, 9.17) is 11.6 Å². The van der Waals surface area contributed by atoms with Gasteiger partial charge in [-0.25, -0.2) is 0 Å². The van der Waals surface area contributed by atoms with Gasteiger partial charge in [0.1, 0.15) is 0 Å². The minimum absolute atomic E-state index is 0. The van der Waals surface area contributed by atoms with Crippen molar-refractivity contribution < 1.29 is 0 Å². The fourth-order valence-electron chi connectivity index (χ4n) is 3.37. The predicted octanol–water partition coefficient (Wildman–Crippen LogP) is 4.39. The van der Waals surface area contributed by atoms with Gasteiger partial charge >= 0.3 is 0 Å². The molecule has 1 aliphatic heterocycles. The number of guanidine groups is 1. The van der Waals surface area contributed by atoms with E-state index in [-0.39, 0.29) is 24.0 Å². The van der Waals surface area contributed by atoms with Gasteiger partial charge in [0.25, 0.3) is 0 Å². The van der Waals surface area contributed by atoms with E-state index in [1.54, 1.807) is 11.3 Å². The highest BCUT2D eigenvalue weighted by Crippen LogP contribution is 2.22. The first-order valence-corrected chi connectivity index (χ1v) is 10.1. The van der Waals surface area contributed by atoms with Gasteiger partial charge in [-0.2, -0.15) is 0 Å². The zero-order valence-corrected chi connectivity index (χ0v) is 19.7. The van der Waals surface area contributed by atoms with Gasteiger partial charge in [-0.15, -0.1) is 35.3 Å². The molecule has 0 radical (unpaired) electrons. The fraction of sp³-hybridized carbons (Fsp3) is 0.722. The van der Waals surface area contributed by atoms with E-state index in [0.717, 1.165) is 29.3 Å². The Balaban J connectivity index is 0.00000312. The molecule has 1 atom stereocenters. The van der Waals surface area contributed by atoms with Gasteiger partial charge in [0, 0.05) is 38.6 Å². The summed E-state index contributed by atoms with van der Waals surface area (Å²) in [6.07, 6.45) is 2.62. The van der Waals surface area contributed by atoms with Crippen LogP contribution in [0.1, 0.15) is 31.6 Å². The highest BCUT2D eigenvalue weighted by molar-refractivity contribution is 14.0. The van der Waals surface area contributed by atoms with Crippen LogP contribution in [0.25, 0.3) is 0 Å². The Morgan fingerprint density at radius 3 is 2.84 bits per heavy atom. The predicted molar refractivity (Wildman–Crippen MR) is 122 cm³/mol. The average molecular weight is 499 g/mol. The SMILES string of the molecule is CN=C(NCC1CCCN(CC(C)C)C1)N(C)Cc1ccc(Cl)s1.I. The summed E-state index contributed by atoms with van der Waals surface area (Å²) < 4.78 is 0.841. The second kappa shape index (κ2) is 11.6. The minimum atomic E-state index is 0. The van der Waals surface area contributed by atoms with Crippen molar-refractivity contribution in [3.63, 3.8) is 0 Å². The molecule has 1 aromatic heterocycles. The third-order valence-corrected chi connectivity index (χ3v) is 5.59. The lowest BCUT2D eigenvalue weighted by atomic mass is 9.97. The van der Waals surface area contributed by atoms with Crippen molar-refractivity contribution in [3.05, 3.63) is 21.3 Å². The average Bonchev–Trinajstić information content (AvgIpc) is 2.92. The summed E-state index contributed by atoms with van der Waals surface area (Å²) in [5.74, 6) is 2.41. The molecule has 0 saturated carbocycles. The third-order valence-electron chi connectivity index (χ3n) is 4.37. The Kier molecular flexibility index (Phi) is 10.7. The monoisotopic (exact) mass is 498 g/mol. The maximum Gasteiger partial charge on any atom is 0.193 e. The van der Waals surface area contributed by atoms with Gasteiger partial charge in [-0.05, 0) is 43.4 Å². The van der Waals surface area contributed by atoms with Crippen molar-refractivity contribution in [2.45, 2.75) is 33.2 Å². The van der Waals surface area contributed by atoms with E-state index in [9.17, 15) is 0 Å². The first-order valence-electron chi connectivity index (χ1n) is 8.86. The molecule has 7 heteroatoms. The summed E-state index contributed by atoms with van der Waals surface area (Å²) in [6.45, 7) is 10.1. The Hall–Kier alpha value is -0.0500. The first kappa shape index (κ1) is 23.0. The summed E-state index contributed by atoms with van der Waals surface area (Å²) in [7, 11) is 3.93. The van der Waals surface area contributed by atoms with Crippen LogP contribution in [0.4, 0.5) is 0 Å². The van der Waals surface area contributed by atoms with Crippen LogP contribution in [-0.4, -0.2) is 56.0 Å². The summed E-state index contributed by atoms with van der Waals surface area (Å²) >= 11 is 7.65. The highest BCUT2D eigenvalue weighted by atomic mass is 127. The van der Waals surface area contributed by atoms with Crippen LogP contribution in [0.15, 0.2) is 17.1 Å². The largest absolute Gasteiger partial charge is 0.356 e. The van der Waals surface area contributed by atoms with Gasteiger partial charge in [-0.3, -0.25) is 4.99 Å². The van der Waals surface area contributed by atoms with E-state index in [2.05, 4.69) is 47.1 Å². The van der Waals surface area contributed by atoms with Crippen LogP contribution < -0.4 is 5.32 Å². The number of nitrogens with zero attached hydrogens (tertiary/aromatic N) is 3. The molecule has 1 aliphatic rings. The number of nitrogens with one attached hydrogen (secondary N) is 1. The van der Waals surface area contributed by atoms with Crippen LogP contribution >= 0.6 is 46.9 Å². The van der Waals surface area contributed by atoms with Crippen LogP contribution in [0.2, 0.25) is 4.34 Å². The van der Waals surface area contributed by atoms with Crippen LogP contribution in [-0.2, 0) is 6.54 Å². The molecule has 1 N–H and O–H groups in total. The molecule has 144 valence electrons. The van der Waals surface area contributed by atoms with E-state index in [0.29, 0.717) is 5.92 Å². The van der Waals surface area contributed by atoms with Gasteiger partial charge in [0.15, 0.2) is 5.96 Å². The Bertz CT molecular complexity index is 535. The molecular weight excluding hydrogens is 467 g/mol. The molecule has 1 fully saturated rings. The lowest BCUT2D eigenvalue weighted by Gasteiger charge is -2.34. The number of rotatable bonds is 6. The fourth-order valence-corrected chi connectivity index (χ4v) is 4.51. The number of hydrogen-bond donors (Lipinski definition) is 1. The quantitative estimate of drug-likeness (QED) is 0.358. The Labute approximate surface area is 179 Å². The molecule has 0 spiro atoms. The lowest BCUT2D eigenvalue weighted by molar-refractivity contribution is 0.159. The van der Waals surface area contributed by atoms with Gasteiger partial charge < -0.3 is 15.1 Å². The van der Waals surface area contributed by atoms with Crippen molar-refractivity contribution in [1.29, 1.82) is 0 Å². The molecule has 2 heterocycles. The van der Waals surface area contributed by atoms with E-state index in [1.807, 2.05) is 13.1 Å². The summed E-state index contributed by atoms with van der Waals surface area (Å²) in [6, 6.07) is 4.04. The summed E-state index contributed by atoms with van der Waals surface area (Å²) in [5.41, 5.74) is 0. The number of likely N-dealkylation sites (tertiary alicyclic amines) is 1. The van der Waals surface area contributed by atoms with Crippen LogP contribution in [0, 0.1) is 11.8 Å². The van der Waals surface area contributed by atoms with Gasteiger partial charge in [0.2, 0.25) is 0 Å². The zero-order valence-electron chi connectivity index (χ0n) is 15.8. The molecule has 25 heavy (non-hydrogen) atoms. The topological polar surface area (TPSA) is 30.9 Å². The number of hydrogen-bond acceptors (Lipinski definition) is 3. The number of aliphatic imine (C=N–C) groups is 1. The molecule has 0 aromatic carbocycles. The van der Waals surface area contributed by atoms with Crippen molar-refractivity contribution in [3.8, 4) is 0 Å². The molecule has 4 nitrogen and oxygen atoms in total. The van der Waals surface area contributed by atoms with Gasteiger partial charge in [-0.1, -0.05) is 25.4 Å². The molecule has 2 rings (SSSR count). The van der Waals surface area contributed by atoms with Crippen molar-refractivity contribution >= 4 is 52.9 Å². The molecule has 1 unspecified atom stereocenters. The lowest BCUT2D eigenvalue weighted by Crippen LogP contribution is -2.45. The minimum Gasteiger partial charge on any atom is -0.356 e. The standard InChI is InChI=1S/C18H31ClN4S.HI/c1-14(2)11-23-9-5-6-15(12-23)10-21-18(20-3)22(4)13-16-7-8-17(19)24-16;/h7-8,14-15H,5-6,9-13H2,1-4H3,(H,20,21);1H. The van der Waals surface area contributed by atoms with Crippen molar-refractivity contribution in [2.24, 2.45) is 16.8 Å². The molecular formula is C18H32ClIN4S. The highest BCUT2D eigenvalue weighted by Gasteiger charge is 2.21. The Morgan fingerprint density at radius 1 is 1.48 bits per heavy atom. The number of piperidine rings is 1. The third kappa shape index (κ3) is 8.01. The smallest absolute Gasteiger partial charge is 0.193 e. The van der Waals surface area contributed by atoms with Crippen LogP contribution in [0.3, 0.4) is 0 Å². The van der Waals surface area contributed by atoms with Crippen molar-refractivity contribution in [2.75, 3.05) is 40.3 Å². The van der Waals surface area contributed by atoms with Crippen LogP contribution in [0.5, 0.6) is 0 Å². The molecule has 0 amide bonds. The second-order valence-corrected chi connectivity index (χ2v) is 8.95. The maximum absolute atomic E-state index is 6.02. The van der Waals surface area contributed by atoms with E-state index < -0.39 is 0 Å².